The monoisotopic (exact) mass is 581 g/mol. The van der Waals surface area contributed by atoms with Crippen LogP contribution in [0.5, 0.6) is 11.5 Å². The summed E-state index contributed by atoms with van der Waals surface area (Å²) in [4.78, 5) is 15.0. The van der Waals surface area contributed by atoms with Gasteiger partial charge in [0.2, 0.25) is 0 Å². The molecule has 1 amide bonds. The van der Waals surface area contributed by atoms with Crippen molar-refractivity contribution in [3.05, 3.63) is 118 Å². The summed E-state index contributed by atoms with van der Waals surface area (Å²) in [5, 5.41) is 13.9. The van der Waals surface area contributed by atoms with Crippen molar-refractivity contribution in [1.29, 1.82) is 0 Å². The van der Waals surface area contributed by atoms with Gasteiger partial charge in [0.25, 0.3) is 5.91 Å². The van der Waals surface area contributed by atoms with Gasteiger partial charge in [0, 0.05) is 17.7 Å². The van der Waals surface area contributed by atoms with Crippen molar-refractivity contribution in [3.8, 4) is 22.6 Å². The normalized spacial score (nSPS) is 14.2. The van der Waals surface area contributed by atoms with Gasteiger partial charge in [-0.15, -0.1) is 0 Å². The minimum absolute atomic E-state index is 0.0775. The van der Waals surface area contributed by atoms with Crippen LogP contribution in [0.25, 0.3) is 11.1 Å². The minimum Gasteiger partial charge on any atom is -0.506 e. The van der Waals surface area contributed by atoms with Gasteiger partial charge in [0.05, 0.1) is 11.2 Å². The highest BCUT2D eigenvalue weighted by molar-refractivity contribution is 6.32. The van der Waals surface area contributed by atoms with Crippen LogP contribution in [-0.4, -0.2) is 48.4 Å². The van der Waals surface area contributed by atoms with Crippen molar-refractivity contribution in [2.24, 2.45) is 11.0 Å². The topological polar surface area (TPSA) is 74.2 Å². The van der Waals surface area contributed by atoms with Gasteiger partial charge in [0.15, 0.2) is 0 Å². The number of hydrogen-bond donors (Lipinski definition) is 2. The van der Waals surface area contributed by atoms with E-state index in [0.717, 1.165) is 60.0 Å². The largest absolute Gasteiger partial charge is 0.506 e. The molecule has 7 heteroatoms. The number of carbonyl (C=O) groups excluding carboxylic acids is 1. The Balaban J connectivity index is 1.21. The van der Waals surface area contributed by atoms with E-state index in [-0.39, 0.29) is 10.8 Å². The second kappa shape index (κ2) is 14.2. The van der Waals surface area contributed by atoms with E-state index in [2.05, 4.69) is 57.9 Å². The van der Waals surface area contributed by atoms with Gasteiger partial charge in [-0.25, -0.2) is 5.43 Å². The Morgan fingerprint density at radius 3 is 2.45 bits per heavy atom. The Hall–Kier alpha value is -4.13. The van der Waals surface area contributed by atoms with E-state index in [9.17, 15) is 9.90 Å². The van der Waals surface area contributed by atoms with E-state index in [0.29, 0.717) is 12.2 Å². The average Bonchev–Trinajstić information content (AvgIpc) is 3.01. The van der Waals surface area contributed by atoms with Crippen LogP contribution in [0, 0.1) is 12.8 Å². The molecule has 0 atom stereocenters. The maximum absolute atomic E-state index is 12.5. The fourth-order valence-corrected chi connectivity index (χ4v) is 5.60. The molecule has 216 valence electrons. The maximum Gasteiger partial charge on any atom is 0.271 e. The highest BCUT2D eigenvalue weighted by atomic mass is 35.5. The first-order valence-corrected chi connectivity index (χ1v) is 14.7. The molecule has 5 rings (SSSR count). The van der Waals surface area contributed by atoms with Crippen LogP contribution in [0.3, 0.4) is 0 Å². The molecule has 0 aliphatic carbocycles. The number of likely N-dealkylation sites (tertiary alicyclic amines) is 1. The van der Waals surface area contributed by atoms with Crippen LogP contribution < -0.4 is 10.2 Å². The number of ether oxygens (including phenoxy) is 1. The van der Waals surface area contributed by atoms with Gasteiger partial charge in [-0.2, -0.15) is 5.10 Å². The minimum atomic E-state index is -0.419. The number of aryl methyl sites for hydroxylation is 1. The number of phenolic OH excluding ortho intramolecular Hbond substituents is 1. The van der Waals surface area contributed by atoms with Crippen molar-refractivity contribution < 1.29 is 14.6 Å². The molecule has 0 bridgehead atoms. The third-order valence-corrected chi connectivity index (χ3v) is 8.00. The first-order chi connectivity index (χ1) is 20.5. The average molecular weight is 582 g/mol. The van der Waals surface area contributed by atoms with E-state index in [1.807, 2.05) is 37.3 Å². The number of piperidine rings is 1. The molecule has 0 saturated carbocycles. The molecule has 1 aliphatic heterocycles. The summed E-state index contributed by atoms with van der Waals surface area (Å²) in [5.74, 6) is 1.11. The molecule has 2 N–H and O–H groups in total. The van der Waals surface area contributed by atoms with Crippen molar-refractivity contribution in [2.75, 3.05) is 26.2 Å². The molecular weight excluding hydrogens is 546 g/mol. The third kappa shape index (κ3) is 7.78. The van der Waals surface area contributed by atoms with Gasteiger partial charge in [-0.1, -0.05) is 72.3 Å². The Bertz CT molecular complexity index is 1520. The van der Waals surface area contributed by atoms with E-state index < -0.39 is 5.91 Å². The maximum atomic E-state index is 12.5. The molecule has 1 aliphatic rings. The molecule has 1 fully saturated rings. The number of amides is 1. The standard InChI is InChI=1S/C35H36ClN3O3/c1-25-20-28(24-37-38-35(41)30-12-13-33(40)32(36)23-30)22-31(29-10-6-3-7-11-29)34(25)42-19-18-39-16-14-27(15-17-39)21-26-8-4-2-5-9-26/h2-13,20,22-24,27,40H,14-19,21H2,1H3,(H,38,41)/b37-24+. The van der Waals surface area contributed by atoms with Gasteiger partial charge in [-0.05, 0) is 97.8 Å². The number of nitrogens with one attached hydrogen (secondary N) is 1. The molecular formula is C35H36ClN3O3. The Kier molecular flexibility index (Phi) is 9.90. The third-order valence-electron chi connectivity index (χ3n) is 7.70. The summed E-state index contributed by atoms with van der Waals surface area (Å²) in [5.41, 5.74) is 8.13. The van der Waals surface area contributed by atoms with Gasteiger partial charge < -0.3 is 9.84 Å². The number of hydrogen-bond acceptors (Lipinski definition) is 5. The second-order valence-corrected chi connectivity index (χ2v) is 11.2. The number of benzene rings is 4. The smallest absolute Gasteiger partial charge is 0.271 e. The van der Waals surface area contributed by atoms with Crippen LogP contribution in [-0.2, 0) is 6.42 Å². The fraction of sp³-hybridized carbons (Fsp3) is 0.257. The van der Waals surface area contributed by atoms with E-state index in [1.165, 1.54) is 36.6 Å². The summed E-state index contributed by atoms with van der Waals surface area (Å²) in [6.07, 6.45) is 5.21. The number of carbonyl (C=O) groups is 1. The molecule has 0 spiro atoms. The molecule has 4 aromatic rings. The first kappa shape index (κ1) is 29.4. The summed E-state index contributed by atoms with van der Waals surface area (Å²) in [6, 6.07) is 29.2. The Labute approximate surface area is 252 Å². The van der Waals surface area contributed by atoms with E-state index in [1.54, 1.807) is 6.21 Å². The second-order valence-electron chi connectivity index (χ2n) is 10.8. The lowest BCUT2D eigenvalue weighted by atomic mass is 9.90. The lowest BCUT2D eigenvalue weighted by Gasteiger charge is -2.32. The van der Waals surface area contributed by atoms with Crippen LogP contribution in [0.1, 0.15) is 39.9 Å². The van der Waals surface area contributed by atoms with Crippen LogP contribution >= 0.6 is 11.6 Å². The summed E-state index contributed by atoms with van der Waals surface area (Å²) < 4.78 is 6.44. The zero-order valence-corrected chi connectivity index (χ0v) is 24.6. The summed E-state index contributed by atoms with van der Waals surface area (Å²) in [6.45, 7) is 5.74. The number of halogens is 1. The fourth-order valence-electron chi connectivity index (χ4n) is 5.42. The van der Waals surface area contributed by atoms with Crippen molar-refractivity contribution in [3.63, 3.8) is 0 Å². The van der Waals surface area contributed by atoms with Crippen LogP contribution in [0.15, 0.2) is 96.1 Å². The van der Waals surface area contributed by atoms with Gasteiger partial charge in [0.1, 0.15) is 18.1 Å². The lowest BCUT2D eigenvalue weighted by molar-refractivity contribution is 0.0955. The van der Waals surface area contributed by atoms with Crippen molar-refractivity contribution in [1.82, 2.24) is 10.3 Å². The molecule has 4 aromatic carbocycles. The zero-order valence-electron chi connectivity index (χ0n) is 23.8. The molecule has 0 unspecified atom stereocenters. The van der Waals surface area contributed by atoms with E-state index >= 15 is 0 Å². The highest BCUT2D eigenvalue weighted by Crippen LogP contribution is 2.34. The predicted molar refractivity (Wildman–Crippen MR) is 170 cm³/mol. The van der Waals surface area contributed by atoms with Gasteiger partial charge in [-0.3, -0.25) is 9.69 Å². The molecule has 6 nitrogen and oxygen atoms in total. The molecule has 0 radical (unpaired) electrons. The number of rotatable bonds is 10. The van der Waals surface area contributed by atoms with Crippen molar-refractivity contribution >= 4 is 23.7 Å². The first-order valence-electron chi connectivity index (χ1n) is 14.4. The summed E-state index contributed by atoms with van der Waals surface area (Å²) >= 11 is 5.93. The SMILES string of the molecule is Cc1cc(/C=N/NC(=O)c2ccc(O)c(Cl)c2)cc(-c2ccccc2)c1OCCN1CCC(Cc2ccccc2)CC1. The Morgan fingerprint density at radius 2 is 1.74 bits per heavy atom. The number of hydrazone groups is 1. The number of aromatic hydroxyl groups is 1. The highest BCUT2D eigenvalue weighted by Gasteiger charge is 2.20. The quantitative estimate of drug-likeness (QED) is 0.154. The van der Waals surface area contributed by atoms with Crippen LogP contribution in [0.4, 0.5) is 0 Å². The predicted octanol–water partition coefficient (Wildman–Crippen LogP) is 7.12. The van der Waals surface area contributed by atoms with E-state index in [4.69, 9.17) is 16.3 Å². The molecule has 1 heterocycles. The lowest BCUT2D eigenvalue weighted by Crippen LogP contribution is -2.37. The van der Waals surface area contributed by atoms with Crippen LogP contribution in [0.2, 0.25) is 5.02 Å². The number of nitrogens with zero attached hydrogens (tertiary/aromatic N) is 2. The molecule has 1 saturated heterocycles. The Morgan fingerprint density at radius 1 is 1.02 bits per heavy atom. The van der Waals surface area contributed by atoms with Crippen molar-refractivity contribution in [2.45, 2.75) is 26.2 Å². The zero-order chi connectivity index (χ0) is 29.3. The molecule has 0 aromatic heterocycles. The number of phenols is 1. The van der Waals surface area contributed by atoms with Gasteiger partial charge >= 0.3 is 0 Å². The molecule has 42 heavy (non-hydrogen) atoms. The summed E-state index contributed by atoms with van der Waals surface area (Å²) in [7, 11) is 0.